The molecular weight excluding hydrogens is 554 g/mol. The first-order chi connectivity index (χ1) is 20.0. The Morgan fingerprint density at radius 3 is 2.12 bits per heavy atom. The molecule has 0 aromatic heterocycles. The minimum absolute atomic E-state index is 0.0343. The summed E-state index contributed by atoms with van der Waals surface area (Å²) < 4.78 is 40.0. The van der Waals surface area contributed by atoms with E-state index in [1.54, 1.807) is 24.3 Å². The van der Waals surface area contributed by atoms with Crippen molar-refractivity contribution >= 4 is 27.5 Å². The summed E-state index contributed by atoms with van der Waals surface area (Å²) in [4.78, 5) is 29.0. The summed E-state index contributed by atoms with van der Waals surface area (Å²) in [6.45, 7) is 7.74. The van der Waals surface area contributed by atoms with Gasteiger partial charge >= 0.3 is 0 Å². The molecule has 3 aromatic rings. The largest absolute Gasteiger partial charge is 0.493 e. The van der Waals surface area contributed by atoms with Gasteiger partial charge in [-0.3, -0.25) is 13.9 Å². The second kappa shape index (κ2) is 14.7. The van der Waals surface area contributed by atoms with E-state index in [1.165, 1.54) is 37.3 Å². The molecule has 9 nitrogen and oxygen atoms in total. The number of carbonyl (C=O) groups is 2. The summed E-state index contributed by atoms with van der Waals surface area (Å²) in [6.07, 6.45) is 0.351. The highest BCUT2D eigenvalue weighted by Gasteiger charge is 2.34. The summed E-state index contributed by atoms with van der Waals surface area (Å²) in [5.74, 6) is 0.154. The number of nitrogens with one attached hydrogen (secondary N) is 1. The normalized spacial score (nSPS) is 12.0. The Kier molecular flexibility index (Phi) is 11.4. The van der Waals surface area contributed by atoms with Crippen LogP contribution in [0.4, 0.5) is 5.69 Å². The van der Waals surface area contributed by atoms with E-state index in [9.17, 15) is 18.0 Å². The quantitative estimate of drug-likeness (QED) is 0.288. The lowest BCUT2D eigenvalue weighted by Crippen LogP contribution is -2.52. The summed E-state index contributed by atoms with van der Waals surface area (Å²) >= 11 is 0. The van der Waals surface area contributed by atoms with E-state index in [-0.39, 0.29) is 29.0 Å². The van der Waals surface area contributed by atoms with E-state index in [2.05, 4.69) is 5.32 Å². The summed E-state index contributed by atoms with van der Waals surface area (Å²) in [6, 6.07) is 19.6. The SMILES string of the molecule is CC[C@H](C(=O)NCC(C)C)N(Cc1ccccc1)C(=O)CN(c1ccc(OC)c(OC)c1)S(=O)(=O)c1ccc(C)cc1. The van der Waals surface area contributed by atoms with Crippen LogP contribution in [0.5, 0.6) is 11.5 Å². The summed E-state index contributed by atoms with van der Waals surface area (Å²) in [5, 5.41) is 2.93. The average Bonchev–Trinajstić information content (AvgIpc) is 2.98. The maximum Gasteiger partial charge on any atom is 0.264 e. The van der Waals surface area contributed by atoms with Crippen molar-refractivity contribution in [1.29, 1.82) is 0 Å². The fourth-order valence-corrected chi connectivity index (χ4v) is 5.87. The molecule has 0 bridgehead atoms. The molecule has 0 saturated heterocycles. The highest BCUT2D eigenvalue weighted by molar-refractivity contribution is 7.92. The van der Waals surface area contributed by atoms with Crippen LogP contribution in [0.3, 0.4) is 0 Å². The van der Waals surface area contributed by atoms with Gasteiger partial charge in [-0.1, -0.05) is 68.8 Å². The van der Waals surface area contributed by atoms with Crippen molar-refractivity contribution in [3.8, 4) is 11.5 Å². The Morgan fingerprint density at radius 2 is 1.55 bits per heavy atom. The third kappa shape index (κ3) is 8.03. The molecular formula is C32H41N3O6S. The zero-order valence-electron chi connectivity index (χ0n) is 25.2. The van der Waals surface area contributed by atoms with Crippen molar-refractivity contribution in [2.75, 3.05) is 31.6 Å². The number of anilines is 1. The monoisotopic (exact) mass is 595 g/mol. The van der Waals surface area contributed by atoms with Crippen molar-refractivity contribution in [2.24, 2.45) is 5.92 Å². The standard InChI is InChI=1S/C32H41N3O6S/c1-7-28(32(37)33-20-23(2)3)34(21-25-11-9-8-10-12-25)31(36)22-35(26-15-18-29(40-5)30(19-26)41-6)42(38,39)27-16-13-24(4)14-17-27/h8-19,23,28H,7,20-22H2,1-6H3,(H,33,37)/t28-/m1/s1. The maximum atomic E-state index is 14.2. The second-order valence-electron chi connectivity index (χ2n) is 10.4. The number of rotatable bonds is 14. The van der Waals surface area contributed by atoms with Crippen LogP contribution in [0.25, 0.3) is 0 Å². The lowest BCUT2D eigenvalue weighted by atomic mass is 10.1. The van der Waals surface area contributed by atoms with Gasteiger partial charge in [-0.05, 0) is 49.1 Å². The molecule has 10 heteroatoms. The Balaban J connectivity index is 2.09. The maximum absolute atomic E-state index is 14.2. The molecule has 2 amide bonds. The van der Waals surface area contributed by atoms with Crippen LogP contribution < -0.4 is 19.1 Å². The van der Waals surface area contributed by atoms with Crippen LogP contribution in [0, 0.1) is 12.8 Å². The zero-order chi connectivity index (χ0) is 30.9. The number of hydrogen-bond donors (Lipinski definition) is 1. The van der Waals surface area contributed by atoms with E-state index in [0.717, 1.165) is 15.4 Å². The molecule has 0 radical (unpaired) electrons. The van der Waals surface area contributed by atoms with Gasteiger partial charge in [-0.15, -0.1) is 0 Å². The molecule has 0 fully saturated rings. The molecule has 0 spiro atoms. The molecule has 0 aliphatic heterocycles. The molecule has 226 valence electrons. The highest BCUT2D eigenvalue weighted by atomic mass is 32.2. The van der Waals surface area contributed by atoms with Crippen LogP contribution in [-0.4, -0.2) is 58.5 Å². The van der Waals surface area contributed by atoms with Gasteiger partial charge in [0, 0.05) is 19.2 Å². The second-order valence-corrected chi connectivity index (χ2v) is 12.3. The third-order valence-corrected chi connectivity index (χ3v) is 8.60. The van der Waals surface area contributed by atoms with Crippen LogP contribution in [0.15, 0.2) is 77.7 Å². The fourth-order valence-electron chi connectivity index (χ4n) is 4.47. The molecule has 0 saturated carbocycles. The van der Waals surface area contributed by atoms with Crippen molar-refractivity contribution < 1.29 is 27.5 Å². The van der Waals surface area contributed by atoms with Crippen molar-refractivity contribution in [3.63, 3.8) is 0 Å². The Hall–Kier alpha value is -4.05. The molecule has 1 atom stereocenters. The summed E-state index contributed by atoms with van der Waals surface area (Å²) in [5.41, 5.74) is 1.94. The number of benzene rings is 3. The number of sulfonamides is 1. The van der Waals surface area contributed by atoms with Crippen LogP contribution in [0.1, 0.15) is 38.3 Å². The van der Waals surface area contributed by atoms with E-state index >= 15 is 0 Å². The third-order valence-electron chi connectivity index (χ3n) is 6.81. The molecule has 3 aromatic carbocycles. The highest BCUT2D eigenvalue weighted by Crippen LogP contribution is 2.34. The van der Waals surface area contributed by atoms with Gasteiger partial charge in [0.15, 0.2) is 11.5 Å². The smallest absolute Gasteiger partial charge is 0.264 e. The van der Waals surface area contributed by atoms with Crippen LogP contribution in [-0.2, 0) is 26.2 Å². The van der Waals surface area contributed by atoms with Gasteiger partial charge < -0.3 is 19.7 Å². The minimum Gasteiger partial charge on any atom is -0.493 e. The van der Waals surface area contributed by atoms with Gasteiger partial charge in [0.05, 0.1) is 24.8 Å². The van der Waals surface area contributed by atoms with E-state index in [1.807, 2.05) is 58.0 Å². The molecule has 42 heavy (non-hydrogen) atoms. The number of amides is 2. The Bertz CT molecular complexity index is 1440. The predicted octanol–water partition coefficient (Wildman–Crippen LogP) is 4.79. The van der Waals surface area contributed by atoms with E-state index < -0.39 is 28.5 Å². The predicted molar refractivity (Wildman–Crippen MR) is 164 cm³/mol. The first-order valence-electron chi connectivity index (χ1n) is 13.9. The molecule has 0 aliphatic carbocycles. The van der Waals surface area contributed by atoms with Crippen LogP contribution in [0.2, 0.25) is 0 Å². The van der Waals surface area contributed by atoms with Gasteiger partial charge in [-0.25, -0.2) is 8.42 Å². The number of hydrogen-bond acceptors (Lipinski definition) is 6. The van der Waals surface area contributed by atoms with E-state index in [0.29, 0.717) is 24.5 Å². The van der Waals surface area contributed by atoms with Gasteiger partial charge in [0.25, 0.3) is 10.0 Å². The number of carbonyl (C=O) groups excluding carboxylic acids is 2. The molecule has 0 aliphatic rings. The zero-order valence-corrected chi connectivity index (χ0v) is 26.0. The Morgan fingerprint density at radius 1 is 0.905 bits per heavy atom. The van der Waals surface area contributed by atoms with Gasteiger partial charge in [-0.2, -0.15) is 0 Å². The topological polar surface area (TPSA) is 105 Å². The van der Waals surface area contributed by atoms with Crippen molar-refractivity contribution in [2.45, 2.75) is 51.6 Å². The van der Waals surface area contributed by atoms with Gasteiger partial charge in [0.1, 0.15) is 12.6 Å². The minimum atomic E-state index is -4.20. The number of nitrogens with zero attached hydrogens (tertiary/aromatic N) is 2. The number of aryl methyl sites for hydroxylation is 1. The molecule has 0 unspecified atom stereocenters. The number of methoxy groups -OCH3 is 2. The van der Waals surface area contributed by atoms with Crippen LogP contribution >= 0.6 is 0 Å². The molecule has 3 rings (SSSR count). The average molecular weight is 596 g/mol. The Labute approximate surface area is 249 Å². The first kappa shape index (κ1) is 32.5. The lowest BCUT2D eigenvalue weighted by molar-refractivity contribution is -0.140. The lowest BCUT2D eigenvalue weighted by Gasteiger charge is -2.33. The molecule has 0 heterocycles. The fraction of sp³-hybridized carbons (Fsp3) is 0.375. The van der Waals surface area contributed by atoms with Crippen molar-refractivity contribution in [1.82, 2.24) is 10.2 Å². The first-order valence-corrected chi connectivity index (χ1v) is 15.4. The summed E-state index contributed by atoms with van der Waals surface area (Å²) in [7, 11) is -1.26. The molecule has 1 N–H and O–H groups in total. The van der Waals surface area contributed by atoms with E-state index in [4.69, 9.17) is 9.47 Å². The van der Waals surface area contributed by atoms with Gasteiger partial charge in [0.2, 0.25) is 11.8 Å². The van der Waals surface area contributed by atoms with Crippen molar-refractivity contribution in [3.05, 3.63) is 83.9 Å². The number of ether oxygens (including phenoxy) is 2.